The first kappa shape index (κ1) is 27.6. The van der Waals surface area contributed by atoms with Crippen molar-refractivity contribution in [1.29, 1.82) is 0 Å². The molecule has 47 heavy (non-hydrogen) atoms. The summed E-state index contributed by atoms with van der Waals surface area (Å²) in [5.41, 5.74) is 6.04. The molecule has 228 valence electrons. The molecule has 0 radical (unpaired) electrons. The Labute approximate surface area is 276 Å². The summed E-state index contributed by atoms with van der Waals surface area (Å²) in [5.74, 6) is 0.718. The molecule has 4 aromatic heterocycles. The number of hydrogen-bond acceptors (Lipinski definition) is 10. The molecule has 7 aromatic rings. The van der Waals surface area contributed by atoms with Crippen LogP contribution >= 0.6 is 22.7 Å². The molecule has 1 unspecified atom stereocenters. The average molecular weight is 652 g/mol. The first-order valence-electron chi connectivity index (χ1n) is 15.0. The predicted octanol–water partition coefficient (Wildman–Crippen LogP) is 5.95. The Kier molecular flexibility index (Phi) is 6.44. The maximum Gasteiger partial charge on any atom is 0.231 e. The largest absolute Gasteiger partial charge is 0.492 e. The number of nitrogens with zero attached hydrogens (tertiary/aromatic N) is 9. The van der Waals surface area contributed by atoms with E-state index in [2.05, 4.69) is 26.7 Å². The molecule has 3 aromatic carbocycles. The lowest BCUT2D eigenvalue weighted by atomic mass is 10.0. The Hall–Kier alpha value is -5.72. The molecule has 9 rings (SSSR count). The van der Waals surface area contributed by atoms with Crippen molar-refractivity contribution in [2.75, 3.05) is 5.01 Å². The molecule has 0 amide bonds. The third kappa shape index (κ3) is 4.68. The van der Waals surface area contributed by atoms with Gasteiger partial charge < -0.3 is 5.11 Å². The normalized spacial score (nSPS) is 16.4. The lowest BCUT2D eigenvalue weighted by molar-refractivity contribution is 0.455. The van der Waals surface area contributed by atoms with Gasteiger partial charge in [0, 0.05) is 17.2 Å². The molecule has 0 saturated carbocycles. The minimum absolute atomic E-state index is 0.0604. The van der Waals surface area contributed by atoms with Gasteiger partial charge >= 0.3 is 0 Å². The number of hydrogen-bond donors (Lipinski definition) is 1. The van der Waals surface area contributed by atoms with Crippen LogP contribution in [0.25, 0.3) is 34.7 Å². The van der Waals surface area contributed by atoms with Crippen molar-refractivity contribution in [3.63, 3.8) is 0 Å². The van der Waals surface area contributed by atoms with E-state index in [9.17, 15) is 5.11 Å². The number of aromatic hydroxyl groups is 1. The van der Waals surface area contributed by atoms with Gasteiger partial charge in [0.05, 0.1) is 49.5 Å². The molecule has 0 fully saturated rings. The van der Waals surface area contributed by atoms with E-state index in [-0.39, 0.29) is 11.9 Å². The van der Waals surface area contributed by atoms with Crippen LogP contribution in [-0.2, 0) is 0 Å². The molecule has 6 heterocycles. The topological polar surface area (TPSA) is 110 Å². The molecule has 12 heteroatoms. The van der Waals surface area contributed by atoms with Crippen LogP contribution in [0.1, 0.15) is 33.5 Å². The first-order chi connectivity index (χ1) is 23.1. The molecule has 2 aliphatic rings. The van der Waals surface area contributed by atoms with Crippen molar-refractivity contribution in [3.05, 3.63) is 134 Å². The molecule has 0 spiro atoms. The van der Waals surface area contributed by atoms with Crippen LogP contribution in [0.15, 0.2) is 112 Å². The molecular formula is C35H25N9OS2. The number of anilines is 1. The van der Waals surface area contributed by atoms with Gasteiger partial charge in [-0.1, -0.05) is 71.1 Å². The van der Waals surface area contributed by atoms with Crippen molar-refractivity contribution in [1.82, 2.24) is 29.8 Å². The van der Waals surface area contributed by atoms with E-state index in [0.717, 1.165) is 60.7 Å². The fourth-order valence-corrected chi connectivity index (χ4v) is 7.78. The summed E-state index contributed by atoms with van der Waals surface area (Å²) in [6, 6.07) is 29.7. The second-order valence-electron chi connectivity index (χ2n) is 11.2. The van der Waals surface area contributed by atoms with Gasteiger partial charge in [-0.05, 0) is 60.9 Å². The van der Waals surface area contributed by atoms with Crippen LogP contribution in [0, 0.1) is 6.92 Å². The van der Waals surface area contributed by atoms with E-state index < -0.39 is 0 Å². The number of allylic oxidation sites excluding steroid dienone is 1. The Morgan fingerprint density at radius 1 is 0.915 bits per heavy atom. The van der Waals surface area contributed by atoms with Crippen molar-refractivity contribution >= 4 is 56.7 Å². The molecule has 0 bridgehead atoms. The molecule has 1 atom stereocenters. The molecule has 2 aliphatic heterocycles. The second-order valence-corrected chi connectivity index (χ2v) is 13.2. The fraction of sp³-hybridized carbons (Fsp3) is 0.0857. The number of thiophene rings is 1. The highest BCUT2D eigenvalue weighted by Gasteiger charge is 2.38. The van der Waals surface area contributed by atoms with Crippen molar-refractivity contribution in [3.8, 4) is 17.4 Å². The summed E-state index contributed by atoms with van der Waals surface area (Å²) >= 11 is 3.03. The number of rotatable bonds is 6. The zero-order valence-corrected chi connectivity index (χ0v) is 26.6. The van der Waals surface area contributed by atoms with E-state index in [1.807, 2.05) is 118 Å². The van der Waals surface area contributed by atoms with Crippen LogP contribution in [0.5, 0.6) is 5.88 Å². The minimum atomic E-state index is -0.291. The lowest BCUT2D eigenvalue weighted by Crippen LogP contribution is -2.21. The zero-order valence-electron chi connectivity index (χ0n) is 25.0. The van der Waals surface area contributed by atoms with E-state index in [4.69, 9.17) is 15.2 Å². The van der Waals surface area contributed by atoms with E-state index in [1.165, 1.54) is 11.3 Å². The SMILES string of the molecule is Cc1nn(-c2ccccc2)c(-n2nnc3ccccc32)c1C1CC(c2cccs2)=NN1c1nc(O)c(/C=C2/C=c3ccccc3=N2)s1. The predicted molar refractivity (Wildman–Crippen MR) is 185 cm³/mol. The maximum atomic E-state index is 11.1. The highest BCUT2D eigenvalue weighted by molar-refractivity contribution is 7.16. The van der Waals surface area contributed by atoms with Crippen LogP contribution in [0.4, 0.5) is 5.13 Å². The number of benzene rings is 3. The summed E-state index contributed by atoms with van der Waals surface area (Å²) < 4.78 is 3.79. The third-order valence-electron chi connectivity index (χ3n) is 8.27. The highest BCUT2D eigenvalue weighted by Crippen LogP contribution is 2.45. The van der Waals surface area contributed by atoms with Crippen LogP contribution in [-0.4, -0.2) is 40.6 Å². The van der Waals surface area contributed by atoms with Gasteiger partial charge in [0.15, 0.2) is 5.82 Å². The van der Waals surface area contributed by atoms with Gasteiger partial charge in [0.2, 0.25) is 11.0 Å². The van der Waals surface area contributed by atoms with Crippen molar-refractivity contribution in [2.24, 2.45) is 10.1 Å². The summed E-state index contributed by atoms with van der Waals surface area (Å²) in [4.78, 5) is 11.1. The molecule has 10 nitrogen and oxygen atoms in total. The summed E-state index contributed by atoms with van der Waals surface area (Å²) in [5, 5.41) is 36.9. The van der Waals surface area contributed by atoms with Crippen LogP contribution < -0.4 is 15.6 Å². The van der Waals surface area contributed by atoms with Crippen LogP contribution in [0.3, 0.4) is 0 Å². The molecule has 1 N–H and O–H groups in total. The Bertz CT molecular complexity index is 2450. The molecule has 0 saturated heterocycles. The van der Waals surface area contributed by atoms with Crippen molar-refractivity contribution < 1.29 is 5.11 Å². The van der Waals surface area contributed by atoms with Gasteiger partial charge in [0.25, 0.3) is 0 Å². The van der Waals surface area contributed by atoms with Gasteiger partial charge in [-0.3, -0.25) is 0 Å². The smallest absolute Gasteiger partial charge is 0.231 e. The number of fused-ring (bicyclic) bond motifs is 2. The third-order valence-corrected chi connectivity index (χ3v) is 10.2. The zero-order chi connectivity index (χ0) is 31.5. The van der Waals surface area contributed by atoms with E-state index in [0.29, 0.717) is 16.4 Å². The molecule has 0 aliphatic carbocycles. The fourth-order valence-electron chi connectivity index (χ4n) is 6.15. The van der Waals surface area contributed by atoms with E-state index in [1.54, 1.807) is 11.3 Å². The monoisotopic (exact) mass is 651 g/mol. The van der Waals surface area contributed by atoms with Gasteiger partial charge in [-0.25, -0.2) is 14.7 Å². The maximum absolute atomic E-state index is 11.1. The first-order valence-corrected chi connectivity index (χ1v) is 16.7. The van der Waals surface area contributed by atoms with Gasteiger partial charge in [-0.2, -0.15) is 19.9 Å². The number of para-hydroxylation sites is 3. The minimum Gasteiger partial charge on any atom is -0.492 e. The summed E-state index contributed by atoms with van der Waals surface area (Å²) in [7, 11) is 0. The Balaban J connectivity index is 1.21. The lowest BCUT2D eigenvalue weighted by Gasteiger charge is -2.22. The second kappa shape index (κ2) is 11.0. The molecular weight excluding hydrogens is 627 g/mol. The van der Waals surface area contributed by atoms with Crippen LogP contribution in [0.2, 0.25) is 0 Å². The average Bonchev–Trinajstić information content (AvgIpc) is 3.94. The Morgan fingerprint density at radius 2 is 1.74 bits per heavy atom. The highest BCUT2D eigenvalue weighted by atomic mass is 32.1. The standard InChI is InChI=1S/C35H25N9OS2/c1-21-32(34(42(39-21)24-11-3-2-4-12-24)43-28-15-8-7-14-26(28)38-41-43)29-20-27(30-16-9-17-46-30)40-44(29)35-37-33(45)31(47-35)19-23-18-22-10-5-6-13-25(22)36-23/h2-19,29,45H,20H2,1H3/b23-19-. The number of aryl methyl sites for hydroxylation is 1. The number of aromatic nitrogens is 6. The number of thiazole rings is 1. The van der Waals surface area contributed by atoms with Crippen molar-refractivity contribution in [2.45, 2.75) is 19.4 Å². The quantitative estimate of drug-likeness (QED) is 0.238. The van der Waals surface area contributed by atoms with E-state index >= 15 is 0 Å². The van der Waals surface area contributed by atoms with Gasteiger partial charge in [-0.15, -0.1) is 16.4 Å². The number of hydrazone groups is 1. The summed E-state index contributed by atoms with van der Waals surface area (Å²) in [6.07, 6.45) is 4.49. The van der Waals surface area contributed by atoms with Gasteiger partial charge in [0.1, 0.15) is 5.52 Å². The summed E-state index contributed by atoms with van der Waals surface area (Å²) in [6.45, 7) is 2.02. The Morgan fingerprint density at radius 3 is 2.60 bits per heavy atom.